The first-order chi connectivity index (χ1) is 15.0. The van der Waals surface area contributed by atoms with E-state index < -0.39 is 62.0 Å². The Labute approximate surface area is 187 Å². The standard InChI is InChI=1S/C20H22F12O2/c1-11-12(2)14(8-10-34-20(31,32)18(27,28)16(4,23)24)6-5-13(11)7-9-33-19(29,30)17(25,26)15(3,21)22/h5-6H,7-10H2,1-4H3. The van der Waals surface area contributed by atoms with Crippen molar-refractivity contribution in [2.45, 2.75) is 76.4 Å². The largest absolute Gasteiger partial charge is 0.425 e. The lowest BCUT2D eigenvalue weighted by molar-refractivity contribution is -0.394. The molecule has 198 valence electrons. The molecule has 0 saturated heterocycles. The molecule has 1 rings (SSSR count). The molecule has 0 radical (unpaired) electrons. The van der Waals surface area contributed by atoms with E-state index in [1.807, 2.05) is 0 Å². The van der Waals surface area contributed by atoms with Crippen molar-refractivity contribution in [1.82, 2.24) is 0 Å². The summed E-state index contributed by atoms with van der Waals surface area (Å²) in [6, 6.07) is 2.53. The number of hydrogen-bond acceptors (Lipinski definition) is 2. The van der Waals surface area contributed by atoms with E-state index in [0.717, 1.165) is 0 Å². The summed E-state index contributed by atoms with van der Waals surface area (Å²) in [7, 11) is 0. The zero-order valence-electron chi connectivity index (χ0n) is 18.3. The normalized spacial score (nSPS) is 14.6. The minimum Gasteiger partial charge on any atom is -0.315 e. The van der Waals surface area contributed by atoms with Crippen LogP contribution in [0.1, 0.15) is 36.1 Å². The van der Waals surface area contributed by atoms with Gasteiger partial charge >= 0.3 is 35.9 Å². The van der Waals surface area contributed by atoms with Gasteiger partial charge in [0, 0.05) is 13.8 Å². The Kier molecular flexibility index (Phi) is 8.69. The molecule has 2 nitrogen and oxygen atoms in total. The van der Waals surface area contributed by atoms with E-state index >= 15 is 0 Å². The Bertz CT molecular complexity index is 772. The smallest absolute Gasteiger partial charge is 0.315 e. The Morgan fingerprint density at radius 2 is 0.824 bits per heavy atom. The highest BCUT2D eigenvalue weighted by atomic mass is 19.4. The topological polar surface area (TPSA) is 18.5 Å². The molecule has 0 aliphatic rings. The van der Waals surface area contributed by atoms with Gasteiger partial charge in [0.1, 0.15) is 0 Å². The quantitative estimate of drug-likeness (QED) is 0.271. The average molecular weight is 522 g/mol. The lowest BCUT2D eigenvalue weighted by Crippen LogP contribution is -2.54. The van der Waals surface area contributed by atoms with Gasteiger partial charge in [-0.3, -0.25) is 0 Å². The third kappa shape index (κ3) is 6.10. The summed E-state index contributed by atoms with van der Waals surface area (Å²) in [6.45, 7) is -0.0530. The summed E-state index contributed by atoms with van der Waals surface area (Å²) in [5.74, 6) is -21.6. The lowest BCUT2D eigenvalue weighted by atomic mass is 9.95. The van der Waals surface area contributed by atoms with E-state index in [0.29, 0.717) is 11.1 Å². The molecule has 0 heterocycles. The first-order valence-corrected chi connectivity index (χ1v) is 9.62. The third-order valence-corrected chi connectivity index (χ3v) is 5.15. The fourth-order valence-electron chi connectivity index (χ4n) is 2.75. The molecular weight excluding hydrogens is 500 g/mol. The maximum Gasteiger partial charge on any atom is 0.425 e. The van der Waals surface area contributed by atoms with E-state index in [2.05, 4.69) is 9.47 Å². The Morgan fingerprint density at radius 1 is 0.559 bits per heavy atom. The second-order valence-corrected chi connectivity index (χ2v) is 7.79. The molecule has 0 amide bonds. The van der Waals surface area contributed by atoms with Crippen molar-refractivity contribution in [3.63, 3.8) is 0 Å². The fourth-order valence-corrected chi connectivity index (χ4v) is 2.75. The van der Waals surface area contributed by atoms with Crippen LogP contribution in [0.5, 0.6) is 0 Å². The molecule has 0 fully saturated rings. The van der Waals surface area contributed by atoms with Gasteiger partial charge in [-0.25, -0.2) is 0 Å². The summed E-state index contributed by atoms with van der Waals surface area (Å²) in [5, 5.41) is 0. The van der Waals surface area contributed by atoms with Crippen molar-refractivity contribution in [2.75, 3.05) is 13.2 Å². The van der Waals surface area contributed by atoms with Gasteiger partial charge in [-0.05, 0) is 48.9 Å². The summed E-state index contributed by atoms with van der Waals surface area (Å²) in [5.41, 5.74) is 1.22. The second-order valence-electron chi connectivity index (χ2n) is 7.79. The van der Waals surface area contributed by atoms with Crippen LogP contribution in [0.3, 0.4) is 0 Å². The Morgan fingerprint density at radius 3 is 1.06 bits per heavy atom. The SMILES string of the molecule is Cc1c(CCOC(F)(F)C(F)(F)C(C)(F)F)ccc(CCOC(F)(F)C(F)(F)C(C)(F)F)c1C. The summed E-state index contributed by atoms with van der Waals surface area (Å²) >= 11 is 0. The van der Waals surface area contributed by atoms with E-state index in [4.69, 9.17) is 0 Å². The molecule has 14 heteroatoms. The van der Waals surface area contributed by atoms with Crippen LogP contribution in [0, 0.1) is 13.8 Å². The molecule has 34 heavy (non-hydrogen) atoms. The predicted molar refractivity (Wildman–Crippen MR) is 96.3 cm³/mol. The Hall–Kier alpha value is -1.70. The lowest BCUT2D eigenvalue weighted by Gasteiger charge is -2.30. The van der Waals surface area contributed by atoms with Crippen LogP contribution in [0.2, 0.25) is 0 Å². The van der Waals surface area contributed by atoms with Gasteiger partial charge in [0.05, 0.1) is 13.2 Å². The molecular formula is C20H22F12O2. The summed E-state index contributed by atoms with van der Waals surface area (Å²) in [4.78, 5) is 0. The number of alkyl halides is 12. The van der Waals surface area contributed by atoms with Crippen molar-refractivity contribution < 1.29 is 62.2 Å². The first-order valence-electron chi connectivity index (χ1n) is 9.62. The van der Waals surface area contributed by atoms with Crippen molar-refractivity contribution >= 4 is 0 Å². The highest BCUT2D eigenvalue weighted by Gasteiger charge is 2.71. The molecule has 0 N–H and O–H groups in total. The number of rotatable bonds is 12. The van der Waals surface area contributed by atoms with Crippen molar-refractivity contribution in [3.8, 4) is 0 Å². The van der Waals surface area contributed by atoms with Crippen molar-refractivity contribution in [2.24, 2.45) is 0 Å². The van der Waals surface area contributed by atoms with Gasteiger partial charge in [0.2, 0.25) is 0 Å². The first kappa shape index (κ1) is 30.3. The van der Waals surface area contributed by atoms with Crippen LogP contribution >= 0.6 is 0 Å². The van der Waals surface area contributed by atoms with Gasteiger partial charge in [-0.2, -0.15) is 52.7 Å². The third-order valence-electron chi connectivity index (χ3n) is 5.15. The van der Waals surface area contributed by atoms with Gasteiger partial charge in [0.15, 0.2) is 0 Å². The maximum atomic E-state index is 13.4. The monoisotopic (exact) mass is 522 g/mol. The maximum absolute atomic E-state index is 13.4. The molecule has 0 spiro atoms. The van der Waals surface area contributed by atoms with Gasteiger partial charge < -0.3 is 9.47 Å². The molecule has 0 unspecified atom stereocenters. The summed E-state index contributed by atoms with van der Waals surface area (Å²) < 4.78 is 165. The van der Waals surface area contributed by atoms with Crippen LogP contribution < -0.4 is 0 Å². The second kappa shape index (κ2) is 9.75. The van der Waals surface area contributed by atoms with Gasteiger partial charge in [-0.1, -0.05) is 12.1 Å². The summed E-state index contributed by atoms with van der Waals surface area (Å²) in [6.07, 6.45) is -11.8. The van der Waals surface area contributed by atoms with Crippen LogP contribution in [-0.4, -0.2) is 49.1 Å². The van der Waals surface area contributed by atoms with E-state index in [1.165, 1.54) is 26.0 Å². The number of hydrogen-bond donors (Lipinski definition) is 0. The molecule has 0 bridgehead atoms. The predicted octanol–water partition coefficient (Wildman–Crippen LogP) is 7.19. The van der Waals surface area contributed by atoms with Gasteiger partial charge in [-0.15, -0.1) is 0 Å². The number of benzene rings is 1. The van der Waals surface area contributed by atoms with Crippen LogP contribution in [-0.2, 0) is 22.3 Å². The van der Waals surface area contributed by atoms with Gasteiger partial charge in [0.25, 0.3) is 0 Å². The molecule has 0 aliphatic heterocycles. The zero-order valence-corrected chi connectivity index (χ0v) is 18.3. The Balaban J connectivity index is 2.82. The van der Waals surface area contributed by atoms with Crippen molar-refractivity contribution in [1.29, 1.82) is 0 Å². The zero-order chi connectivity index (χ0) is 27.0. The van der Waals surface area contributed by atoms with E-state index in [1.54, 1.807) is 0 Å². The van der Waals surface area contributed by atoms with E-state index in [9.17, 15) is 52.7 Å². The average Bonchev–Trinajstić information content (AvgIpc) is 2.64. The molecule has 0 atom stereocenters. The fraction of sp³-hybridized carbons (Fsp3) is 0.700. The van der Waals surface area contributed by atoms with Crippen LogP contribution in [0.4, 0.5) is 52.7 Å². The molecule has 1 aromatic rings. The minimum atomic E-state index is -5.77. The highest BCUT2D eigenvalue weighted by Crippen LogP contribution is 2.47. The number of ether oxygens (including phenoxy) is 2. The molecule has 0 aliphatic carbocycles. The number of halogens is 12. The molecule has 0 aromatic heterocycles. The highest BCUT2D eigenvalue weighted by molar-refractivity contribution is 5.39. The van der Waals surface area contributed by atoms with E-state index in [-0.39, 0.29) is 25.0 Å². The minimum absolute atomic E-state index is 0.257. The van der Waals surface area contributed by atoms with Crippen LogP contribution in [0.25, 0.3) is 0 Å². The van der Waals surface area contributed by atoms with Crippen molar-refractivity contribution in [3.05, 3.63) is 34.4 Å². The molecule has 1 aromatic carbocycles. The van der Waals surface area contributed by atoms with Crippen LogP contribution in [0.15, 0.2) is 12.1 Å². The molecule has 0 saturated carbocycles.